The van der Waals surface area contributed by atoms with Crippen LogP contribution in [0.3, 0.4) is 0 Å². The van der Waals surface area contributed by atoms with Crippen LogP contribution in [0.25, 0.3) is 10.2 Å². The number of amides is 1. The van der Waals surface area contributed by atoms with E-state index in [0.29, 0.717) is 5.75 Å². The van der Waals surface area contributed by atoms with Gasteiger partial charge in [0.2, 0.25) is 5.91 Å². The second-order valence-corrected chi connectivity index (χ2v) is 7.10. The summed E-state index contributed by atoms with van der Waals surface area (Å²) in [6, 6.07) is 8.35. The van der Waals surface area contributed by atoms with Gasteiger partial charge >= 0.3 is 0 Å². The van der Waals surface area contributed by atoms with Crippen LogP contribution in [-0.4, -0.2) is 35.8 Å². The molecule has 0 spiro atoms. The number of para-hydroxylation sites is 1. The molecule has 2 N–H and O–H groups in total. The summed E-state index contributed by atoms with van der Waals surface area (Å²) in [5, 5.41) is 6.38. The normalized spacial score (nSPS) is 19.1. The van der Waals surface area contributed by atoms with Gasteiger partial charge in [0, 0.05) is 12.6 Å². The smallest absolute Gasteiger partial charge is 0.230 e. The number of thioether (sulfide) groups is 1. The van der Waals surface area contributed by atoms with Gasteiger partial charge in [0.1, 0.15) is 0 Å². The molecule has 4 nitrogen and oxygen atoms in total. The molecule has 1 fully saturated rings. The number of carbonyl (C=O) groups is 1. The lowest BCUT2D eigenvalue weighted by molar-refractivity contribution is -0.119. The average Bonchev–Trinajstić information content (AvgIpc) is 2.89. The maximum atomic E-state index is 11.9. The highest BCUT2D eigenvalue weighted by Gasteiger charge is 2.15. The lowest BCUT2D eigenvalue weighted by Crippen LogP contribution is -2.46. The van der Waals surface area contributed by atoms with Gasteiger partial charge in [-0.2, -0.15) is 0 Å². The van der Waals surface area contributed by atoms with Gasteiger partial charge in [-0.1, -0.05) is 23.9 Å². The Balaban J connectivity index is 1.51. The third-order valence-corrected chi connectivity index (χ3v) is 5.44. The number of hydrogen-bond donors (Lipinski definition) is 2. The highest BCUT2D eigenvalue weighted by atomic mass is 32.2. The number of rotatable bonds is 4. The SMILES string of the molecule is O=C(CSc1nc2ccccc2s1)NC1CCCNC1. The van der Waals surface area contributed by atoms with Crippen LogP contribution in [0, 0.1) is 0 Å². The molecular weight excluding hydrogens is 290 g/mol. The number of benzene rings is 1. The molecule has 20 heavy (non-hydrogen) atoms. The summed E-state index contributed by atoms with van der Waals surface area (Å²) in [4.78, 5) is 16.4. The molecule has 0 saturated carbocycles. The number of carbonyl (C=O) groups excluding carboxylic acids is 1. The fourth-order valence-electron chi connectivity index (χ4n) is 2.28. The molecule has 1 aromatic heterocycles. The van der Waals surface area contributed by atoms with Crippen LogP contribution in [0.1, 0.15) is 12.8 Å². The van der Waals surface area contributed by atoms with E-state index in [1.807, 2.05) is 18.2 Å². The molecule has 3 rings (SSSR count). The number of aromatic nitrogens is 1. The predicted molar refractivity (Wildman–Crippen MR) is 84.4 cm³/mol. The lowest BCUT2D eigenvalue weighted by Gasteiger charge is -2.23. The van der Waals surface area contributed by atoms with Gasteiger partial charge in [0.15, 0.2) is 4.34 Å². The van der Waals surface area contributed by atoms with Crippen LogP contribution >= 0.6 is 23.1 Å². The van der Waals surface area contributed by atoms with Gasteiger partial charge in [-0.05, 0) is 31.5 Å². The molecule has 106 valence electrons. The van der Waals surface area contributed by atoms with Crippen molar-refractivity contribution in [1.82, 2.24) is 15.6 Å². The summed E-state index contributed by atoms with van der Waals surface area (Å²) >= 11 is 3.16. The Morgan fingerprint density at radius 1 is 1.50 bits per heavy atom. The van der Waals surface area contributed by atoms with Gasteiger partial charge in [0.25, 0.3) is 0 Å². The summed E-state index contributed by atoms with van der Waals surface area (Å²) < 4.78 is 2.13. The highest BCUT2D eigenvalue weighted by molar-refractivity contribution is 8.01. The third kappa shape index (κ3) is 3.50. The van der Waals surface area contributed by atoms with Gasteiger partial charge in [-0.25, -0.2) is 4.98 Å². The van der Waals surface area contributed by atoms with Crippen molar-refractivity contribution in [2.45, 2.75) is 23.2 Å². The van der Waals surface area contributed by atoms with E-state index < -0.39 is 0 Å². The molecule has 1 unspecified atom stereocenters. The summed E-state index contributed by atoms with van der Waals surface area (Å²) in [7, 11) is 0. The van der Waals surface area contributed by atoms with Crippen LogP contribution in [0.5, 0.6) is 0 Å². The van der Waals surface area contributed by atoms with Gasteiger partial charge in [0.05, 0.1) is 16.0 Å². The zero-order valence-corrected chi connectivity index (χ0v) is 12.7. The molecule has 2 heterocycles. The number of thiazole rings is 1. The molecule has 1 aliphatic rings. The maximum Gasteiger partial charge on any atom is 0.230 e. The Bertz CT molecular complexity index is 560. The minimum atomic E-state index is 0.1000. The van der Waals surface area contributed by atoms with E-state index >= 15 is 0 Å². The van der Waals surface area contributed by atoms with Crippen molar-refractivity contribution in [3.8, 4) is 0 Å². The minimum absolute atomic E-state index is 0.1000. The monoisotopic (exact) mass is 307 g/mol. The number of hydrogen-bond acceptors (Lipinski definition) is 5. The zero-order valence-electron chi connectivity index (χ0n) is 11.1. The van der Waals surface area contributed by atoms with Crippen molar-refractivity contribution < 1.29 is 4.79 Å². The van der Waals surface area contributed by atoms with E-state index in [-0.39, 0.29) is 11.9 Å². The molecule has 6 heteroatoms. The highest BCUT2D eigenvalue weighted by Crippen LogP contribution is 2.29. The molecule has 1 aromatic carbocycles. The molecule has 1 saturated heterocycles. The fraction of sp³-hybridized carbons (Fsp3) is 0.429. The van der Waals surface area contributed by atoms with Crippen molar-refractivity contribution in [2.24, 2.45) is 0 Å². The van der Waals surface area contributed by atoms with E-state index in [2.05, 4.69) is 21.7 Å². The Kier molecular flexibility index (Phi) is 4.54. The molecule has 1 aliphatic heterocycles. The van der Waals surface area contributed by atoms with E-state index in [4.69, 9.17) is 0 Å². The average molecular weight is 307 g/mol. The van der Waals surface area contributed by atoms with Gasteiger partial charge < -0.3 is 10.6 Å². The second-order valence-electron chi connectivity index (χ2n) is 4.85. The van der Waals surface area contributed by atoms with Crippen molar-refractivity contribution in [3.63, 3.8) is 0 Å². The largest absolute Gasteiger partial charge is 0.351 e. The number of nitrogens with one attached hydrogen (secondary N) is 2. The molecule has 1 atom stereocenters. The Hall–Kier alpha value is -1.11. The minimum Gasteiger partial charge on any atom is -0.351 e. The third-order valence-electron chi connectivity index (χ3n) is 3.26. The molecule has 0 radical (unpaired) electrons. The number of nitrogens with zero attached hydrogens (tertiary/aromatic N) is 1. The Morgan fingerprint density at radius 3 is 3.20 bits per heavy atom. The maximum absolute atomic E-state index is 11.9. The number of piperidine rings is 1. The predicted octanol–water partition coefficient (Wildman–Crippen LogP) is 2.26. The van der Waals surface area contributed by atoms with E-state index in [9.17, 15) is 4.79 Å². The topological polar surface area (TPSA) is 54.0 Å². The van der Waals surface area contributed by atoms with E-state index in [1.54, 1.807) is 11.3 Å². The van der Waals surface area contributed by atoms with Crippen molar-refractivity contribution >= 4 is 39.2 Å². The van der Waals surface area contributed by atoms with Crippen LogP contribution < -0.4 is 10.6 Å². The fourth-order valence-corrected chi connectivity index (χ4v) is 4.16. The van der Waals surface area contributed by atoms with Crippen LogP contribution in [0.2, 0.25) is 0 Å². The summed E-state index contributed by atoms with van der Waals surface area (Å²) in [6.45, 7) is 1.95. The van der Waals surface area contributed by atoms with Crippen molar-refractivity contribution in [1.29, 1.82) is 0 Å². The first-order chi connectivity index (χ1) is 9.81. The molecule has 0 aliphatic carbocycles. The van der Waals surface area contributed by atoms with E-state index in [0.717, 1.165) is 35.8 Å². The Morgan fingerprint density at radius 2 is 2.40 bits per heavy atom. The molecule has 0 bridgehead atoms. The first-order valence-corrected chi connectivity index (χ1v) is 8.60. The van der Waals surface area contributed by atoms with Gasteiger partial charge in [-0.15, -0.1) is 11.3 Å². The summed E-state index contributed by atoms with van der Waals surface area (Å²) in [5.74, 6) is 0.541. The summed E-state index contributed by atoms with van der Waals surface area (Å²) in [6.07, 6.45) is 2.21. The Labute approximate surface area is 126 Å². The molecule has 2 aromatic rings. The zero-order chi connectivity index (χ0) is 13.8. The quantitative estimate of drug-likeness (QED) is 0.851. The molecular formula is C14H17N3OS2. The van der Waals surface area contributed by atoms with Crippen LogP contribution in [0.15, 0.2) is 28.6 Å². The van der Waals surface area contributed by atoms with Crippen LogP contribution in [0.4, 0.5) is 0 Å². The summed E-state index contributed by atoms with van der Waals surface area (Å²) in [5.41, 5.74) is 1.01. The lowest BCUT2D eigenvalue weighted by atomic mass is 10.1. The van der Waals surface area contributed by atoms with Gasteiger partial charge in [-0.3, -0.25) is 4.79 Å². The number of fused-ring (bicyclic) bond motifs is 1. The standard InChI is InChI=1S/C14H17N3OS2/c18-13(16-10-4-3-7-15-8-10)9-19-14-17-11-5-1-2-6-12(11)20-14/h1-2,5-6,10,15H,3-4,7-9H2,(H,16,18). The van der Waals surface area contributed by atoms with E-state index in [1.165, 1.54) is 16.5 Å². The molecule has 1 amide bonds. The van der Waals surface area contributed by atoms with Crippen LogP contribution in [-0.2, 0) is 4.79 Å². The first kappa shape index (κ1) is 13.9. The second kappa shape index (κ2) is 6.56. The van der Waals surface area contributed by atoms with Crippen molar-refractivity contribution in [2.75, 3.05) is 18.8 Å². The first-order valence-electron chi connectivity index (χ1n) is 6.80. The van der Waals surface area contributed by atoms with Crippen molar-refractivity contribution in [3.05, 3.63) is 24.3 Å².